The van der Waals surface area contributed by atoms with Crippen molar-refractivity contribution >= 4 is 35.3 Å². The molecule has 2 heterocycles. The Labute approximate surface area is 220 Å². The summed E-state index contributed by atoms with van der Waals surface area (Å²) in [5, 5.41) is 11.1. The number of carbonyl (C=O) groups is 2. The van der Waals surface area contributed by atoms with Gasteiger partial charge in [-0.1, -0.05) is 41.5 Å². The third kappa shape index (κ3) is 7.10. The smallest absolute Gasteiger partial charge is 0.233 e. The molecule has 6 nitrogen and oxygen atoms in total. The van der Waals surface area contributed by atoms with Crippen molar-refractivity contribution in [2.75, 3.05) is 50.6 Å². The summed E-state index contributed by atoms with van der Waals surface area (Å²) in [6.07, 6.45) is 1.89. The van der Waals surface area contributed by atoms with Crippen LogP contribution < -0.4 is 0 Å². The summed E-state index contributed by atoms with van der Waals surface area (Å²) in [4.78, 5) is 30.8. The van der Waals surface area contributed by atoms with Gasteiger partial charge in [-0.05, 0) is 72.6 Å². The molecule has 196 valence electrons. The lowest BCUT2D eigenvalue weighted by atomic mass is 9.78. The highest BCUT2D eigenvalue weighted by molar-refractivity contribution is 8.00. The number of hydrogen-bond acceptors (Lipinski definition) is 6. The zero-order valence-electron chi connectivity index (χ0n) is 22.5. The number of benzene rings is 1. The summed E-state index contributed by atoms with van der Waals surface area (Å²) in [5.74, 6) is 2.77. The topological polar surface area (TPSA) is 64.1 Å². The molecule has 0 aliphatic carbocycles. The van der Waals surface area contributed by atoms with Gasteiger partial charge in [0.05, 0.1) is 17.4 Å². The van der Waals surface area contributed by atoms with Crippen LogP contribution in [0.15, 0.2) is 12.1 Å². The maximum atomic E-state index is 12.8. The molecule has 0 spiro atoms. The molecule has 0 radical (unpaired) electrons. The third-order valence-corrected chi connectivity index (χ3v) is 8.93. The molecule has 1 aromatic rings. The van der Waals surface area contributed by atoms with E-state index >= 15 is 0 Å². The van der Waals surface area contributed by atoms with Gasteiger partial charge in [0.25, 0.3) is 0 Å². The molecule has 2 saturated heterocycles. The molecule has 3 rings (SSSR count). The van der Waals surface area contributed by atoms with Crippen molar-refractivity contribution in [3.8, 4) is 5.75 Å². The minimum Gasteiger partial charge on any atom is -0.507 e. The van der Waals surface area contributed by atoms with Crippen molar-refractivity contribution in [2.45, 2.75) is 70.6 Å². The molecule has 2 amide bonds. The number of nitrogens with zero attached hydrogens (tertiary/aromatic N) is 3. The van der Waals surface area contributed by atoms with E-state index < -0.39 is 0 Å². The Morgan fingerprint density at radius 1 is 0.943 bits per heavy atom. The molecule has 8 heteroatoms. The Hall–Kier alpha value is -1.38. The van der Waals surface area contributed by atoms with Gasteiger partial charge in [-0.15, -0.1) is 23.5 Å². The summed E-state index contributed by atoms with van der Waals surface area (Å²) < 4.78 is 0. The van der Waals surface area contributed by atoms with Crippen LogP contribution in [0.5, 0.6) is 5.75 Å². The fourth-order valence-electron chi connectivity index (χ4n) is 4.66. The van der Waals surface area contributed by atoms with E-state index in [1.165, 1.54) is 0 Å². The average molecular weight is 522 g/mol. The molecule has 0 aromatic heterocycles. The number of amides is 2. The van der Waals surface area contributed by atoms with Crippen LogP contribution in [-0.4, -0.2) is 82.2 Å². The van der Waals surface area contributed by atoms with E-state index in [1.807, 2.05) is 9.80 Å². The van der Waals surface area contributed by atoms with E-state index in [0.29, 0.717) is 17.3 Å². The molecule has 1 N–H and O–H groups in total. The van der Waals surface area contributed by atoms with Crippen molar-refractivity contribution in [2.24, 2.45) is 0 Å². The van der Waals surface area contributed by atoms with Gasteiger partial charge in [0.1, 0.15) is 11.1 Å². The molecule has 35 heavy (non-hydrogen) atoms. The standard InChI is InChI=1S/C27H43N3O3S2/c1-26(2,3)20-14-19(15-21(24(20)33)27(4,5)6)25-30(23(32)17-35-25)13-9-11-28(7)10-8-12-29-18-34-16-22(29)31/h14-15,25,33H,8-13,16-18H2,1-7H3. The van der Waals surface area contributed by atoms with Crippen LogP contribution in [0.25, 0.3) is 0 Å². The van der Waals surface area contributed by atoms with Gasteiger partial charge in [-0.25, -0.2) is 0 Å². The lowest BCUT2D eigenvalue weighted by molar-refractivity contribution is -0.128. The van der Waals surface area contributed by atoms with Gasteiger partial charge in [0, 0.05) is 13.1 Å². The fourth-order valence-corrected chi connectivity index (χ4v) is 6.80. The maximum absolute atomic E-state index is 12.8. The molecule has 1 unspecified atom stereocenters. The van der Waals surface area contributed by atoms with Crippen molar-refractivity contribution in [3.05, 3.63) is 28.8 Å². The number of carbonyl (C=O) groups excluding carboxylic acids is 2. The van der Waals surface area contributed by atoms with Crippen LogP contribution in [0.4, 0.5) is 0 Å². The van der Waals surface area contributed by atoms with Crippen LogP contribution in [0.1, 0.15) is 76.4 Å². The highest BCUT2D eigenvalue weighted by Crippen LogP contribution is 2.45. The first kappa shape index (κ1) is 28.2. The minimum absolute atomic E-state index is 0.0192. The van der Waals surface area contributed by atoms with Gasteiger partial charge in [0.15, 0.2) is 0 Å². The van der Waals surface area contributed by atoms with Crippen LogP contribution >= 0.6 is 23.5 Å². The number of thioether (sulfide) groups is 2. The summed E-state index contributed by atoms with van der Waals surface area (Å²) >= 11 is 3.37. The van der Waals surface area contributed by atoms with Gasteiger partial charge in [-0.3, -0.25) is 9.59 Å². The predicted octanol–water partition coefficient (Wildman–Crippen LogP) is 4.81. The Morgan fingerprint density at radius 3 is 2.03 bits per heavy atom. The second kappa shape index (κ2) is 11.3. The third-order valence-electron chi connectivity index (χ3n) is 6.73. The fraction of sp³-hybridized carbons (Fsp3) is 0.704. The summed E-state index contributed by atoms with van der Waals surface area (Å²) in [6.45, 7) is 16.1. The molecule has 1 aromatic carbocycles. The molecule has 2 aliphatic rings. The SMILES string of the molecule is CN(CCCN1CSCC1=O)CCCN1C(=O)CSC1c1cc(C(C)(C)C)c(O)c(C(C)(C)C)c1. The second-order valence-electron chi connectivity index (χ2n) is 11.9. The van der Waals surface area contributed by atoms with Crippen molar-refractivity contribution in [3.63, 3.8) is 0 Å². The first-order valence-corrected chi connectivity index (χ1v) is 14.8. The second-order valence-corrected chi connectivity index (χ2v) is 13.9. The van der Waals surface area contributed by atoms with E-state index in [9.17, 15) is 14.7 Å². The van der Waals surface area contributed by atoms with Crippen LogP contribution in [0, 0.1) is 0 Å². The van der Waals surface area contributed by atoms with Crippen molar-refractivity contribution < 1.29 is 14.7 Å². The molecule has 0 bridgehead atoms. The number of hydrogen-bond donors (Lipinski definition) is 1. The monoisotopic (exact) mass is 521 g/mol. The number of phenolic OH excluding ortho intramolecular Hbond substituents is 1. The van der Waals surface area contributed by atoms with Crippen LogP contribution in [-0.2, 0) is 20.4 Å². The molecular weight excluding hydrogens is 478 g/mol. The summed E-state index contributed by atoms with van der Waals surface area (Å²) in [5.41, 5.74) is 2.59. The minimum atomic E-state index is -0.195. The molecule has 0 saturated carbocycles. The maximum Gasteiger partial charge on any atom is 0.233 e. The lowest BCUT2D eigenvalue weighted by Gasteiger charge is -2.31. The molecule has 1 atom stereocenters. The molecule has 2 fully saturated rings. The Bertz CT molecular complexity index is 888. The normalized spacial score (nSPS) is 19.5. The highest BCUT2D eigenvalue weighted by Gasteiger charge is 2.35. The van der Waals surface area contributed by atoms with E-state index in [2.05, 4.69) is 65.6 Å². The predicted molar refractivity (Wildman–Crippen MR) is 148 cm³/mol. The first-order chi connectivity index (χ1) is 16.3. The Balaban J connectivity index is 1.64. The lowest BCUT2D eigenvalue weighted by Crippen LogP contribution is -2.33. The van der Waals surface area contributed by atoms with E-state index in [1.54, 1.807) is 23.5 Å². The molecule has 2 aliphatic heterocycles. The van der Waals surface area contributed by atoms with E-state index in [-0.39, 0.29) is 28.0 Å². The van der Waals surface area contributed by atoms with Gasteiger partial charge in [0.2, 0.25) is 11.8 Å². The highest BCUT2D eigenvalue weighted by atomic mass is 32.2. The summed E-state index contributed by atoms with van der Waals surface area (Å²) in [6, 6.07) is 4.22. The number of aromatic hydroxyl groups is 1. The number of rotatable bonds is 9. The Morgan fingerprint density at radius 2 is 1.51 bits per heavy atom. The quantitative estimate of drug-likeness (QED) is 0.503. The Kier molecular flexibility index (Phi) is 9.14. The van der Waals surface area contributed by atoms with E-state index in [4.69, 9.17) is 0 Å². The zero-order chi connectivity index (χ0) is 26.0. The van der Waals surface area contributed by atoms with Gasteiger partial charge >= 0.3 is 0 Å². The van der Waals surface area contributed by atoms with Gasteiger partial charge in [-0.2, -0.15) is 0 Å². The van der Waals surface area contributed by atoms with Crippen LogP contribution in [0.2, 0.25) is 0 Å². The van der Waals surface area contributed by atoms with Gasteiger partial charge < -0.3 is 19.8 Å². The average Bonchev–Trinajstić information content (AvgIpc) is 3.32. The number of phenols is 1. The first-order valence-electron chi connectivity index (χ1n) is 12.6. The van der Waals surface area contributed by atoms with Crippen molar-refractivity contribution in [1.82, 2.24) is 14.7 Å². The van der Waals surface area contributed by atoms with Crippen LogP contribution in [0.3, 0.4) is 0 Å². The van der Waals surface area contributed by atoms with Crippen molar-refractivity contribution in [1.29, 1.82) is 0 Å². The van der Waals surface area contributed by atoms with E-state index in [0.717, 1.165) is 61.6 Å². The zero-order valence-corrected chi connectivity index (χ0v) is 24.2. The summed E-state index contributed by atoms with van der Waals surface area (Å²) in [7, 11) is 2.11. The molecular formula is C27H43N3O3S2. The largest absolute Gasteiger partial charge is 0.507 e.